The molecule has 0 spiro atoms. The van der Waals surface area contributed by atoms with Crippen LogP contribution in [0, 0.1) is 12.8 Å². The number of halogens is 10. The molecule has 5 aliphatic heterocycles. The number of aliphatic hydroxyl groups excluding tert-OH is 6. The van der Waals surface area contributed by atoms with E-state index in [1.54, 1.807) is 65.3 Å². The number of nitrogens with one attached hydrogen (secondary N) is 5. The molecule has 0 saturated heterocycles. The van der Waals surface area contributed by atoms with E-state index in [4.69, 9.17) is 131 Å². The maximum atomic E-state index is 12.8. The lowest BCUT2D eigenvalue weighted by molar-refractivity contribution is -0.130. The number of rotatable bonds is 39. The summed E-state index contributed by atoms with van der Waals surface area (Å²) in [6.45, 7) is 14.3. The number of carbonyl (C=O) groups is 10. The van der Waals surface area contributed by atoms with Crippen molar-refractivity contribution in [3.8, 4) is 11.5 Å². The van der Waals surface area contributed by atoms with Crippen LogP contribution in [0.1, 0.15) is 148 Å². The number of benzene rings is 8. The number of aryl methyl sites for hydroxylation is 7. The lowest BCUT2D eigenvalue weighted by Gasteiger charge is -2.26. The van der Waals surface area contributed by atoms with Gasteiger partial charge in [-0.3, -0.25) is 47.9 Å². The minimum atomic E-state index is -0.621. The highest BCUT2D eigenvalue weighted by Gasteiger charge is 2.44. The Morgan fingerprint density at radius 2 is 0.791 bits per heavy atom. The zero-order valence-corrected chi connectivity index (χ0v) is 89.8. The number of ether oxygens (including phenoxy) is 2. The quantitative estimate of drug-likeness (QED) is 0.0126. The Morgan fingerprint density at radius 1 is 0.412 bits per heavy atom. The molecule has 8 aromatic carbocycles. The van der Waals surface area contributed by atoms with Crippen molar-refractivity contribution in [2.24, 2.45) is 5.92 Å². The van der Waals surface area contributed by atoms with Gasteiger partial charge in [-0.25, -0.2) is 0 Å². The number of amides is 10. The van der Waals surface area contributed by atoms with Gasteiger partial charge in [-0.1, -0.05) is 232 Å². The zero-order chi connectivity index (χ0) is 107. The first-order valence-electron chi connectivity index (χ1n) is 48.8. The van der Waals surface area contributed by atoms with Crippen molar-refractivity contribution in [3.63, 3.8) is 0 Å². The van der Waals surface area contributed by atoms with Gasteiger partial charge in [0.1, 0.15) is 24.7 Å². The minimum absolute atomic E-state index is 0.00327. The first-order chi connectivity index (χ1) is 70.7. The SMILES string of the molecule is C=C(O)CCN1CC(C(=O)NC(C)CCc2ccc(Cl)c(Cl)c2)=C(O)C1=O.CC1C(C(=O)NCCCc2ccc(Cl)c(Cl)c2)=C(O)C(=O)N1CCOc1ccccc1.Cc1ccc2c(c1)[C@@H](N1CC(C(=O)NC(C)CCc3ccc(Cl)c(Cl)c3)=C(O)C1=O)CC2.O=C(NCCCc1ccc(Cl)c(Cl)c1)C1=C(O)C(=O)N(CC2CCCCC2)C1.O=C(NCCCc1ccc(Cl)c(Cl)c1)C1=C(O)C(=O)N(CCOc2ccccc2)C1. The maximum absolute atomic E-state index is 12.8. The van der Waals surface area contributed by atoms with Crippen LogP contribution in [0.5, 0.6) is 11.5 Å². The van der Waals surface area contributed by atoms with Crippen LogP contribution >= 0.6 is 116 Å². The van der Waals surface area contributed by atoms with Gasteiger partial charge in [-0.15, -0.1) is 0 Å². The third-order valence-corrected chi connectivity index (χ3v) is 29.6. The van der Waals surface area contributed by atoms with E-state index in [9.17, 15) is 73.5 Å². The molecule has 5 heterocycles. The highest BCUT2D eigenvalue weighted by Crippen LogP contribution is 2.41. The van der Waals surface area contributed by atoms with Gasteiger partial charge in [0.2, 0.25) is 0 Å². The smallest absolute Gasteiger partial charge is 0.290 e. The van der Waals surface area contributed by atoms with Crippen LogP contribution in [0.2, 0.25) is 50.2 Å². The summed E-state index contributed by atoms with van der Waals surface area (Å²) in [4.78, 5) is 132. The van der Waals surface area contributed by atoms with Crippen LogP contribution in [0.25, 0.3) is 0 Å². The Labute approximate surface area is 910 Å². The standard InChI is InChI=1S/C25H26Cl2N2O3.C23H24Cl2N2O4.C22H22Cl2N2O4.C21H26Cl2N2O3.C19H22Cl2N2O4/c1-14-3-7-17-8-10-22(18(17)11-14)29-13-19(23(30)25(29)32)24(31)28-15(2)4-5-16-6-9-20(26)21(27)12-16;1-15-20(22(29)26-11-5-6-16-9-10-18(24)19(25)14-16)21(28)23(30)27(15)12-13-31-17-7-3-2-4-8-17;23-18-9-8-15(13-19(18)24)5-4-10-25-21(28)17-14-26(22(29)20(17)27)11-12-30-16-6-2-1-3-7-16;22-17-9-8-14(11-18(17)23)7-4-10-24-20(27)16-13-25(21(28)19(16)26)12-15-5-2-1-3-6-15;1-11(3-4-13-5-6-15(20)16(21)9-13)22-18(26)14-10-23(8-7-12(2)24)19(27)17(14)25/h3,6-7,9,11-12,15,22,30H,4-5,8,10,13H2,1-2H3,(H,28,31);2-4,7-10,14-15,28H,5-6,11-13H2,1H3,(H,26,29);1-3,6-9,13,27H,4-5,10-12,14H2,(H,25,28);8-9,11,15,26H,1-7,10,12-13H2,(H,24,27);5-6,9,11,24-25H,2-4,7-8,10H2,1H3,(H,22,26)/t15?,22-;;;;/m0..../s1. The van der Waals surface area contributed by atoms with Crippen molar-refractivity contribution >= 4 is 175 Å². The van der Waals surface area contributed by atoms with E-state index in [1.165, 1.54) is 39.5 Å². The maximum Gasteiger partial charge on any atom is 0.290 e. The molecule has 2 aliphatic carbocycles. The van der Waals surface area contributed by atoms with E-state index in [0.717, 1.165) is 77.5 Å². The van der Waals surface area contributed by atoms with E-state index >= 15 is 0 Å². The van der Waals surface area contributed by atoms with Crippen molar-refractivity contribution in [1.82, 2.24) is 51.1 Å². The number of aliphatic hydroxyl groups is 6. The number of carbonyl (C=O) groups excluding carboxylic acids is 10. The molecule has 38 heteroatoms. The average Bonchev–Trinajstić information content (AvgIpc) is 1.62. The molecule has 8 aromatic rings. The van der Waals surface area contributed by atoms with Crippen molar-refractivity contribution < 1.29 is 88.1 Å². The normalized spacial score (nSPS) is 16.4. The predicted molar refractivity (Wildman–Crippen MR) is 578 cm³/mol. The molecule has 0 aromatic heterocycles. The lowest BCUT2D eigenvalue weighted by atomic mass is 9.89. The molecule has 15 rings (SSSR count). The first kappa shape index (κ1) is 116. The number of hydrogen-bond donors (Lipinski definition) is 11. The summed E-state index contributed by atoms with van der Waals surface area (Å²) in [6.07, 6.45) is 14.7. The van der Waals surface area contributed by atoms with E-state index in [1.807, 2.05) is 124 Å². The second-order valence-corrected chi connectivity index (χ2v) is 40.9. The van der Waals surface area contributed by atoms with Gasteiger partial charge >= 0.3 is 0 Å². The van der Waals surface area contributed by atoms with Gasteiger partial charge in [0.25, 0.3) is 59.1 Å². The van der Waals surface area contributed by atoms with Gasteiger partial charge in [0.15, 0.2) is 28.8 Å². The number of fused-ring (bicyclic) bond motifs is 1. The van der Waals surface area contributed by atoms with Crippen LogP contribution in [0.4, 0.5) is 0 Å². The third-order valence-electron chi connectivity index (χ3n) is 25.9. The monoisotopic (exact) mass is 2220 g/mol. The number of hydrogen-bond acceptors (Lipinski definition) is 18. The fourth-order valence-electron chi connectivity index (χ4n) is 17.6. The Kier molecular flexibility index (Phi) is 44.6. The van der Waals surface area contributed by atoms with Crippen molar-refractivity contribution in [2.45, 2.75) is 167 Å². The van der Waals surface area contributed by atoms with Crippen molar-refractivity contribution in [3.05, 3.63) is 334 Å². The van der Waals surface area contributed by atoms with Crippen LogP contribution in [-0.2, 0) is 86.5 Å². The van der Waals surface area contributed by atoms with Crippen LogP contribution in [0.15, 0.2) is 239 Å². The van der Waals surface area contributed by atoms with E-state index in [2.05, 4.69) is 51.4 Å². The summed E-state index contributed by atoms with van der Waals surface area (Å²) in [5.41, 5.74) is 9.07. The molecule has 148 heavy (non-hydrogen) atoms. The van der Waals surface area contributed by atoms with Crippen LogP contribution in [0.3, 0.4) is 0 Å². The molecular formula is C110H120Cl10N10O18. The predicted octanol–water partition coefficient (Wildman–Crippen LogP) is 20.8. The molecule has 1 saturated carbocycles. The Balaban J connectivity index is 0.000000176. The summed E-state index contributed by atoms with van der Waals surface area (Å²) in [5, 5.41) is 79.0. The highest BCUT2D eigenvalue weighted by molar-refractivity contribution is 6.44. The molecule has 28 nitrogen and oxygen atoms in total. The van der Waals surface area contributed by atoms with Gasteiger partial charge in [0.05, 0.1) is 135 Å². The second-order valence-electron chi connectivity index (χ2n) is 36.9. The molecule has 788 valence electrons. The number of para-hydroxylation sites is 2. The van der Waals surface area contributed by atoms with Crippen LogP contribution < -0.4 is 36.1 Å². The molecule has 3 unspecified atom stereocenters. The average molecular weight is 2220 g/mol. The fourth-order valence-corrected chi connectivity index (χ4v) is 19.2. The lowest BCUT2D eigenvalue weighted by Crippen LogP contribution is -2.39. The summed E-state index contributed by atoms with van der Waals surface area (Å²) >= 11 is 59.6. The molecule has 11 N–H and O–H groups in total. The third kappa shape index (κ3) is 33.3. The highest BCUT2D eigenvalue weighted by atomic mass is 35.5. The molecule has 10 amide bonds. The van der Waals surface area contributed by atoms with E-state index in [-0.39, 0.29) is 123 Å². The molecular weight excluding hydrogens is 2100 g/mol. The number of nitrogens with zero attached hydrogens (tertiary/aromatic N) is 5. The first-order valence-corrected chi connectivity index (χ1v) is 52.6. The van der Waals surface area contributed by atoms with E-state index in [0.29, 0.717) is 145 Å². The van der Waals surface area contributed by atoms with E-state index < -0.39 is 88.0 Å². The van der Waals surface area contributed by atoms with Gasteiger partial charge in [-0.05, 0) is 247 Å². The van der Waals surface area contributed by atoms with Gasteiger partial charge in [-0.2, -0.15) is 0 Å². The summed E-state index contributed by atoms with van der Waals surface area (Å²) < 4.78 is 11.2. The van der Waals surface area contributed by atoms with Crippen LogP contribution in [-0.4, -0.2) is 218 Å². The van der Waals surface area contributed by atoms with Crippen molar-refractivity contribution in [1.29, 1.82) is 0 Å². The minimum Gasteiger partial charge on any atom is -0.513 e. The summed E-state index contributed by atoms with van der Waals surface area (Å²) in [5.74, 6) is -5.39. The van der Waals surface area contributed by atoms with Crippen molar-refractivity contribution in [2.75, 3.05) is 85.2 Å². The molecule has 7 aliphatic rings. The Hall–Kier alpha value is -11.8. The zero-order valence-electron chi connectivity index (χ0n) is 82.3. The molecule has 1 fully saturated rings. The van der Waals surface area contributed by atoms with Gasteiger partial charge in [0, 0.05) is 51.2 Å². The Bertz CT molecular complexity index is 6340. The topological polar surface area (TPSA) is 387 Å². The van der Waals surface area contributed by atoms with Gasteiger partial charge < -0.3 is 91.2 Å². The summed E-state index contributed by atoms with van der Waals surface area (Å²) in [6, 6.07) is 51.0. The molecule has 0 radical (unpaired) electrons. The molecule has 0 bridgehead atoms. The molecule has 4 atom stereocenters. The summed E-state index contributed by atoms with van der Waals surface area (Å²) in [7, 11) is 0. The fraction of sp³-hybridized carbons (Fsp3) is 0.364. The Morgan fingerprint density at radius 3 is 1.22 bits per heavy atom. The largest absolute Gasteiger partial charge is 0.513 e. The second kappa shape index (κ2) is 56.7.